The Morgan fingerprint density at radius 1 is 0.317 bits per heavy atom. The lowest BCUT2D eigenvalue weighted by molar-refractivity contribution is 0.923. The Morgan fingerprint density at radius 3 is 1.40 bits per heavy atom. The van der Waals surface area contributed by atoms with Gasteiger partial charge in [0.2, 0.25) is 0 Å². The summed E-state index contributed by atoms with van der Waals surface area (Å²) in [5.41, 5.74) is 19.0. The predicted molar refractivity (Wildman–Crippen MR) is 258 cm³/mol. The fourth-order valence-corrected chi connectivity index (χ4v) is 8.86. The molecule has 5 nitrogen and oxygen atoms in total. The maximum atomic E-state index is 5.21. The van der Waals surface area contributed by atoms with Crippen LogP contribution in [0.15, 0.2) is 213 Å². The van der Waals surface area contributed by atoms with Crippen LogP contribution in [0.5, 0.6) is 0 Å². The first-order valence-corrected chi connectivity index (χ1v) is 21.7. The molecule has 0 aliphatic rings. The number of para-hydroxylation sites is 1. The standard InChI is InChI=1S/C58H43N5/c1-4-14-44(15-5-1)53-30-28-40(37-59-53)24-26-42-32-43(27-25-41-29-31-54(60-38-41)45-16-6-2-7-17-45)34-47(33-42)49-20-10-11-21-50(49)48-35-52-57-36-55(46-18-8-3-9-19-46)62-63(57)56-23-13-12-22-51(56)58(52)61-39-48/h1-23,28-39H,24-27H2. The summed E-state index contributed by atoms with van der Waals surface area (Å²) in [6, 6.07) is 68.7. The number of hydrogen-bond acceptors (Lipinski definition) is 4. The van der Waals surface area contributed by atoms with Gasteiger partial charge in [-0.1, -0.05) is 164 Å². The largest absolute Gasteiger partial charge is 0.256 e. The molecule has 0 bridgehead atoms. The number of nitrogens with zero attached hydrogens (tertiary/aromatic N) is 5. The normalized spacial score (nSPS) is 11.4. The van der Waals surface area contributed by atoms with E-state index in [9.17, 15) is 0 Å². The van der Waals surface area contributed by atoms with Crippen LogP contribution >= 0.6 is 0 Å². The van der Waals surface area contributed by atoms with E-state index in [-0.39, 0.29) is 0 Å². The van der Waals surface area contributed by atoms with Crippen LogP contribution in [0.2, 0.25) is 0 Å². The lowest BCUT2D eigenvalue weighted by Crippen LogP contribution is -1.99. The number of aryl methyl sites for hydroxylation is 4. The van der Waals surface area contributed by atoms with Crippen LogP contribution in [0.4, 0.5) is 0 Å². The third kappa shape index (κ3) is 7.77. The molecule has 0 amide bonds. The summed E-state index contributed by atoms with van der Waals surface area (Å²) in [5, 5.41) is 7.30. The maximum Gasteiger partial charge on any atom is 0.0934 e. The second kappa shape index (κ2) is 16.8. The van der Waals surface area contributed by atoms with Crippen LogP contribution in [0.3, 0.4) is 0 Å². The molecule has 5 heteroatoms. The molecule has 0 aliphatic heterocycles. The quantitative estimate of drug-likeness (QED) is 0.122. The van der Waals surface area contributed by atoms with Crippen molar-refractivity contribution in [1.82, 2.24) is 24.6 Å². The van der Waals surface area contributed by atoms with Gasteiger partial charge in [0.05, 0.1) is 33.6 Å². The maximum absolute atomic E-state index is 5.21. The average Bonchev–Trinajstić information content (AvgIpc) is 3.83. The molecule has 0 spiro atoms. The van der Waals surface area contributed by atoms with Crippen molar-refractivity contribution in [2.24, 2.45) is 0 Å². The molecule has 0 aliphatic carbocycles. The van der Waals surface area contributed by atoms with E-state index < -0.39 is 0 Å². The van der Waals surface area contributed by atoms with Crippen molar-refractivity contribution >= 4 is 27.3 Å². The Labute approximate surface area is 367 Å². The Balaban J connectivity index is 0.962. The molecule has 0 fully saturated rings. The number of hydrogen-bond donors (Lipinski definition) is 0. The van der Waals surface area contributed by atoms with Gasteiger partial charge >= 0.3 is 0 Å². The second-order valence-corrected chi connectivity index (χ2v) is 16.2. The highest BCUT2D eigenvalue weighted by Gasteiger charge is 2.17. The summed E-state index contributed by atoms with van der Waals surface area (Å²) in [6.45, 7) is 0. The van der Waals surface area contributed by atoms with E-state index in [1.165, 1.54) is 33.4 Å². The van der Waals surface area contributed by atoms with Gasteiger partial charge in [0, 0.05) is 51.6 Å². The van der Waals surface area contributed by atoms with E-state index in [4.69, 9.17) is 20.1 Å². The molecule has 6 aromatic carbocycles. The van der Waals surface area contributed by atoms with Gasteiger partial charge in [0.25, 0.3) is 0 Å². The minimum Gasteiger partial charge on any atom is -0.256 e. The number of pyridine rings is 4. The lowest BCUT2D eigenvalue weighted by atomic mass is 9.90. The number of aromatic nitrogens is 5. The van der Waals surface area contributed by atoms with Crippen LogP contribution in [0.1, 0.15) is 22.3 Å². The fraction of sp³-hybridized carbons (Fsp3) is 0.0690. The monoisotopic (exact) mass is 809 g/mol. The van der Waals surface area contributed by atoms with Crippen LogP contribution in [-0.2, 0) is 25.7 Å². The van der Waals surface area contributed by atoms with Crippen LogP contribution in [-0.4, -0.2) is 24.6 Å². The molecule has 63 heavy (non-hydrogen) atoms. The number of benzene rings is 6. The zero-order valence-corrected chi connectivity index (χ0v) is 34.8. The number of rotatable bonds is 11. The van der Waals surface area contributed by atoms with Crippen molar-refractivity contribution in [2.45, 2.75) is 25.7 Å². The van der Waals surface area contributed by atoms with Crippen LogP contribution < -0.4 is 0 Å². The first-order chi connectivity index (χ1) is 31.2. The molecule has 0 N–H and O–H groups in total. The van der Waals surface area contributed by atoms with E-state index in [2.05, 4.69) is 180 Å². The summed E-state index contributed by atoms with van der Waals surface area (Å²) in [6.07, 6.45) is 9.70. The van der Waals surface area contributed by atoms with Gasteiger partial charge in [0.15, 0.2) is 0 Å². The molecule has 11 rings (SSSR count). The molecule has 0 saturated heterocycles. The molecule has 300 valence electrons. The number of fused-ring (bicyclic) bond motifs is 6. The molecule has 0 unspecified atom stereocenters. The second-order valence-electron chi connectivity index (χ2n) is 16.2. The summed E-state index contributed by atoms with van der Waals surface area (Å²) in [5.74, 6) is 0. The van der Waals surface area contributed by atoms with E-state index in [1.54, 1.807) is 0 Å². The Bertz CT molecular complexity index is 3250. The van der Waals surface area contributed by atoms with E-state index in [0.717, 1.165) is 97.9 Å². The minimum absolute atomic E-state index is 0.895. The summed E-state index contributed by atoms with van der Waals surface area (Å²) < 4.78 is 2.09. The van der Waals surface area contributed by atoms with Gasteiger partial charge < -0.3 is 0 Å². The first kappa shape index (κ1) is 37.9. The molecule has 0 saturated carbocycles. The van der Waals surface area contributed by atoms with Gasteiger partial charge in [-0.2, -0.15) is 5.10 Å². The highest BCUT2D eigenvalue weighted by molar-refractivity contribution is 6.12. The van der Waals surface area contributed by atoms with Crippen LogP contribution in [0.25, 0.3) is 83.3 Å². The smallest absolute Gasteiger partial charge is 0.0934 e. The third-order valence-corrected chi connectivity index (χ3v) is 12.1. The highest BCUT2D eigenvalue weighted by atomic mass is 15.2. The van der Waals surface area contributed by atoms with Gasteiger partial charge in [-0.15, -0.1) is 0 Å². The van der Waals surface area contributed by atoms with Crippen molar-refractivity contribution in [1.29, 1.82) is 0 Å². The summed E-state index contributed by atoms with van der Waals surface area (Å²) in [7, 11) is 0. The molecule has 0 radical (unpaired) electrons. The molecule has 5 aromatic heterocycles. The SMILES string of the molecule is c1ccc(-c2ccc(CCc3cc(CCc4ccc(-c5ccccc5)nc4)cc(-c4ccccc4-c4cnc5c6ccccc6n6nc(-c7ccccc7)cc6c5c4)c3)cn2)cc1. The summed E-state index contributed by atoms with van der Waals surface area (Å²) in [4.78, 5) is 14.9. The molecular weight excluding hydrogens is 767 g/mol. The minimum atomic E-state index is 0.895. The predicted octanol–water partition coefficient (Wildman–Crippen LogP) is 13.7. The lowest BCUT2D eigenvalue weighted by Gasteiger charge is -2.15. The molecular formula is C58H43N5. The Morgan fingerprint density at radius 2 is 0.825 bits per heavy atom. The summed E-state index contributed by atoms with van der Waals surface area (Å²) >= 11 is 0. The van der Waals surface area contributed by atoms with Gasteiger partial charge in [-0.05, 0) is 95.0 Å². The van der Waals surface area contributed by atoms with Gasteiger partial charge in [0.1, 0.15) is 0 Å². The third-order valence-electron chi connectivity index (χ3n) is 12.1. The highest BCUT2D eigenvalue weighted by Crippen LogP contribution is 2.38. The molecule has 5 heterocycles. The topological polar surface area (TPSA) is 56.0 Å². The van der Waals surface area contributed by atoms with Gasteiger partial charge in [-0.25, -0.2) is 4.52 Å². The van der Waals surface area contributed by atoms with E-state index >= 15 is 0 Å². The van der Waals surface area contributed by atoms with Gasteiger partial charge in [-0.3, -0.25) is 15.0 Å². The van der Waals surface area contributed by atoms with Crippen molar-refractivity contribution in [3.05, 3.63) is 235 Å². The van der Waals surface area contributed by atoms with Crippen molar-refractivity contribution in [2.75, 3.05) is 0 Å². The van der Waals surface area contributed by atoms with E-state index in [0.29, 0.717) is 0 Å². The van der Waals surface area contributed by atoms with Crippen LogP contribution in [0, 0.1) is 0 Å². The van der Waals surface area contributed by atoms with E-state index in [1.807, 2.05) is 36.8 Å². The Hall–Kier alpha value is -8.02. The van der Waals surface area contributed by atoms with Crippen molar-refractivity contribution in [3.8, 4) is 56.0 Å². The van der Waals surface area contributed by atoms with Crippen molar-refractivity contribution in [3.63, 3.8) is 0 Å². The zero-order valence-electron chi connectivity index (χ0n) is 34.8. The van der Waals surface area contributed by atoms with Crippen molar-refractivity contribution < 1.29 is 0 Å². The molecule has 0 atom stereocenters. The first-order valence-electron chi connectivity index (χ1n) is 21.7. The fourth-order valence-electron chi connectivity index (χ4n) is 8.86. The Kier molecular flexibility index (Phi) is 10.1. The molecule has 11 aromatic rings. The zero-order chi connectivity index (χ0) is 42.0. The average molecular weight is 810 g/mol.